The molecular formula is C14H18BrClN2O. The number of halogens is 2. The molecule has 0 spiro atoms. The van der Waals surface area contributed by atoms with Gasteiger partial charge in [-0.1, -0.05) is 22.0 Å². The maximum absolute atomic E-state index is 7.84. The van der Waals surface area contributed by atoms with Crippen LogP contribution in [0.25, 0.3) is 10.9 Å². The molecule has 5 heteroatoms. The van der Waals surface area contributed by atoms with E-state index in [0.29, 0.717) is 12.3 Å². The molecule has 0 amide bonds. The van der Waals surface area contributed by atoms with Crippen molar-refractivity contribution in [3.63, 3.8) is 0 Å². The standard InChI is InChI=1S/C14H17BrN2O.ClH/c1-9(2)18-14(16)6-10-8-17(3)13-7-11(15)4-5-12(10)13;/h4-5,7-9,16H,6H2,1-3H3;1H. The summed E-state index contributed by atoms with van der Waals surface area (Å²) in [4.78, 5) is 0. The number of ether oxygens (including phenoxy) is 1. The van der Waals surface area contributed by atoms with E-state index in [0.717, 1.165) is 15.6 Å². The zero-order valence-electron chi connectivity index (χ0n) is 11.2. The minimum atomic E-state index is 0. The zero-order valence-corrected chi connectivity index (χ0v) is 13.6. The molecule has 19 heavy (non-hydrogen) atoms. The number of fused-ring (bicyclic) bond motifs is 1. The molecule has 3 nitrogen and oxygen atoms in total. The van der Waals surface area contributed by atoms with E-state index in [-0.39, 0.29) is 18.5 Å². The number of benzene rings is 1. The molecular weight excluding hydrogens is 328 g/mol. The van der Waals surface area contributed by atoms with Crippen LogP contribution in [0.15, 0.2) is 28.9 Å². The average Bonchev–Trinajstić information content (AvgIpc) is 2.54. The first kappa shape index (κ1) is 16.1. The average molecular weight is 346 g/mol. The summed E-state index contributed by atoms with van der Waals surface area (Å²) in [6, 6.07) is 6.20. The monoisotopic (exact) mass is 344 g/mol. The predicted molar refractivity (Wildman–Crippen MR) is 85.5 cm³/mol. The fraction of sp³-hybridized carbons (Fsp3) is 0.357. The fourth-order valence-electron chi connectivity index (χ4n) is 2.08. The summed E-state index contributed by atoms with van der Waals surface area (Å²) in [5.41, 5.74) is 2.29. The number of hydrogen-bond acceptors (Lipinski definition) is 2. The highest BCUT2D eigenvalue weighted by Crippen LogP contribution is 2.25. The fourth-order valence-corrected chi connectivity index (χ4v) is 2.43. The molecule has 0 radical (unpaired) electrons. The number of nitrogens with zero attached hydrogens (tertiary/aromatic N) is 1. The van der Waals surface area contributed by atoms with E-state index in [2.05, 4.69) is 38.8 Å². The highest BCUT2D eigenvalue weighted by Gasteiger charge is 2.10. The van der Waals surface area contributed by atoms with Crippen LogP contribution < -0.4 is 0 Å². The summed E-state index contributed by atoms with van der Waals surface area (Å²) in [5.74, 6) is 0.320. The van der Waals surface area contributed by atoms with Crippen molar-refractivity contribution in [2.45, 2.75) is 26.4 Å². The number of aromatic nitrogens is 1. The molecule has 0 unspecified atom stereocenters. The van der Waals surface area contributed by atoms with Gasteiger partial charge in [-0.3, -0.25) is 5.41 Å². The van der Waals surface area contributed by atoms with Crippen LogP contribution in [0.3, 0.4) is 0 Å². The van der Waals surface area contributed by atoms with Crippen molar-refractivity contribution in [1.82, 2.24) is 4.57 Å². The van der Waals surface area contributed by atoms with Gasteiger partial charge in [0.2, 0.25) is 0 Å². The van der Waals surface area contributed by atoms with Crippen LogP contribution in [0.1, 0.15) is 19.4 Å². The second kappa shape index (κ2) is 6.44. The Kier molecular flexibility index (Phi) is 5.44. The molecule has 0 bridgehead atoms. The Morgan fingerprint density at radius 1 is 1.42 bits per heavy atom. The number of nitrogens with one attached hydrogen (secondary N) is 1. The first-order chi connectivity index (χ1) is 8.47. The van der Waals surface area contributed by atoms with Crippen molar-refractivity contribution >= 4 is 45.1 Å². The van der Waals surface area contributed by atoms with Crippen molar-refractivity contribution < 1.29 is 4.74 Å². The molecule has 104 valence electrons. The maximum Gasteiger partial charge on any atom is 0.185 e. The highest BCUT2D eigenvalue weighted by molar-refractivity contribution is 9.10. The summed E-state index contributed by atoms with van der Waals surface area (Å²) in [7, 11) is 2.02. The van der Waals surface area contributed by atoms with Gasteiger partial charge < -0.3 is 9.30 Å². The Hall–Kier alpha value is -1.000. The molecule has 1 heterocycles. The second-order valence-electron chi connectivity index (χ2n) is 4.69. The maximum atomic E-state index is 7.84. The molecule has 0 saturated carbocycles. The van der Waals surface area contributed by atoms with E-state index in [4.69, 9.17) is 10.1 Å². The van der Waals surface area contributed by atoms with E-state index in [1.807, 2.05) is 27.0 Å². The lowest BCUT2D eigenvalue weighted by Crippen LogP contribution is -2.12. The van der Waals surface area contributed by atoms with Gasteiger partial charge in [0.05, 0.1) is 12.5 Å². The van der Waals surface area contributed by atoms with Gasteiger partial charge in [0.25, 0.3) is 0 Å². The van der Waals surface area contributed by atoms with Crippen LogP contribution in [0.2, 0.25) is 0 Å². The van der Waals surface area contributed by atoms with Gasteiger partial charge in [0.15, 0.2) is 5.90 Å². The molecule has 0 aliphatic rings. The van der Waals surface area contributed by atoms with Crippen LogP contribution in [0, 0.1) is 5.41 Å². The summed E-state index contributed by atoms with van der Waals surface area (Å²) >= 11 is 3.48. The van der Waals surface area contributed by atoms with Crippen LogP contribution in [0.5, 0.6) is 0 Å². The Balaban J connectivity index is 0.00000180. The molecule has 1 aromatic heterocycles. The molecule has 0 aliphatic heterocycles. The summed E-state index contributed by atoms with van der Waals surface area (Å²) in [6.45, 7) is 3.88. The minimum absolute atomic E-state index is 0. The molecule has 1 aromatic carbocycles. The van der Waals surface area contributed by atoms with Gasteiger partial charge in [0, 0.05) is 28.6 Å². The normalized spacial score (nSPS) is 10.6. The Bertz CT molecular complexity index is 592. The van der Waals surface area contributed by atoms with Crippen molar-refractivity contribution in [2.24, 2.45) is 7.05 Å². The van der Waals surface area contributed by atoms with Crippen molar-refractivity contribution in [1.29, 1.82) is 5.41 Å². The van der Waals surface area contributed by atoms with Gasteiger partial charge >= 0.3 is 0 Å². The molecule has 0 saturated heterocycles. The van der Waals surface area contributed by atoms with Crippen molar-refractivity contribution in [3.8, 4) is 0 Å². The van der Waals surface area contributed by atoms with Crippen LogP contribution in [-0.4, -0.2) is 16.6 Å². The van der Waals surface area contributed by atoms with Crippen LogP contribution in [-0.2, 0) is 18.2 Å². The number of aryl methyl sites for hydroxylation is 1. The lowest BCUT2D eigenvalue weighted by Gasteiger charge is -2.09. The zero-order chi connectivity index (χ0) is 13.3. The van der Waals surface area contributed by atoms with Gasteiger partial charge in [-0.05, 0) is 31.5 Å². The molecule has 2 aromatic rings. The minimum Gasteiger partial charge on any atom is -0.478 e. The lowest BCUT2D eigenvalue weighted by molar-refractivity contribution is 0.221. The van der Waals surface area contributed by atoms with Crippen molar-refractivity contribution in [2.75, 3.05) is 0 Å². The Labute approximate surface area is 128 Å². The van der Waals surface area contributed by atoms with E-state index in [1.165, 1.54) is 5.39 Å². The van der Waals surface area contributed by atoms with E-state index >= 15 is 0 Å². The third-order valence-electron chi connectivity index (χ3n) is 2.76. The molecule has 0 aliphatic carbocycles. The number of hydrogen-bond donors (Lipinski definition) is 1. The van der Waals surface area contributed by atoms with Gasteiger partial charge in [-0.15, -0.1) is 12.4 Å². The first-order valence-corrected chi connectivity index (χ1v) is 6.74. The van der Waals surface area contributed by atoms with Gasteiger partial charge in [-0.25, -0.2) is 0 Å². The summed E-state index contributed by atoms with van der Waals surface area (Å²) in [6.07, 6.45) is 2.66. The predicted octanol–water partition coefficient (Wildman–Crippen LogP) is 4.31. The van der Waals surface area contributed by atoms with E-state index < -0.39 is 0 Å². The second-order valence-corrected chi connectivity index (χ2v) is 5.61. The first-order valence-electron chi connectivity index (χ1n) is 5.95. The molecule has 0 fully saturated rings. The molecule has 2 rings (SSSR count). The SMILES string of the molecule is CC(C)OC(=N)Cc1cn(C)c2cc(Br)ccc12.Cl. The third-order valence-corrected chi connectivity index (χ3v) is 3.26. The van der Waals surface area contributed by atoms with Gasteiger partial charge in [-0.2, -0.15) is 0 Å². The molecule has 0 atom stereocenters. The Morgan fingerprint density at radius 2 is 2.11 bits per heavy atom. The van der Waals surface area contributed by atoms with Crippen LogP contribution in [0.4, 0.5) is 0 Å². The third kappa shape index (κ3) is 3.74. The highest BCUT2D eigenvalue weighted by atomic mass is 79.9. The van der Waals surface area contributed by atoms with Gasteiger partial charge in [0.1, 0.15) is 0 Å². The lowest BCUT2D eigenvalue weighted by atomic mass is 10.1. The summed E-state index contributed by atoms with van der Waals surface area (Å²) in [5, 5.41) is 9.02. The summed E-state index contributed by atoms with van der Waals surface area (Å²) < 4.78 is 8.55. The van der Waals surface area contributed by atoms with E-state index in [1.54, 1.807) is 0 Å². The Morgan fingerprint density at radius 3 is 2.74 bits per heavy atom. The molecule has 1 N–H and O–H groups in total. The number of rotatable bonds is 3. The van der Waals surface area contributed by atoms with Crippen LogP contribution >= 0.6 is 28.3 Å². The van der Waals surface area contributed by atoms with E-state index in [9.17, 15) is 0 Å². The van der Waals surface area contributed by atoms with Crippen molar-refractivity contribution in [3.05, 3.63) is 34.4 Å². The quantitative estimate of drug-likeness (QED) is 0.653. The smallest absolute Gasteiger partial charge is 0.185 e. The topological polar surface area (TPSA) is 38.0 Å². The largest absolute Gasteiger partial charge is 0.478 e.